The third-order valence-corrected chi connectivity index (χ3v) is 1.73. The van der Waals surface area contributed by atoms with Gasteiger partial charge in [0.2, 0.25) is 5.88 Å². The number of furan rings is 1. The first kappa shape index (κ1) is 9.47. The van der Waals surface area contributed by atoms with Crippen LogP contribution in [0.4, 0.5) is 5.82 Å². The summed E-state index contributed by atoms with van der Waals surface area (Å²) < 4.78 is 10.5. The van der Waals surface area contributed by atoms with Crippen molar-refractivity contribution in [2.45, 2.75) is 6.61 Å². The van der Waals surface area contributed by atoms with E-state index in [9.17, 15) is 0 Å². The summed E-state index contributed by atoms with van der Waals surface area (Å²) in [5.41, 5.74) is 2.41. The van der Waals surface area contributed by atoms with Gasteiger partial charge < -0.3 is 14.6 Å². The summed E-state index contributed by atoms with van der Waals surface area (Å²) in [6.45, 7) is 0.327. The van der Waals surface area contributed by atoms with E-state index in [1.54, 1.807) is 18.4 Å². The van der Waals surface area contributed by atoms with Crippen molar-refractivity contribution in [2.75, 3.05) is 5.43 Å². The Labute approximate surface area is 86.1 Å². The van der Waals surface area contributed by atoms with Crippen molar-refractivity contribution < 1.29 is 9.15 Å². The Morgan fingerprint density at radius 1 is 1.47 bits per heavy atom. The maximum Gasteiger partial charge on any atom is 0.218 e. The highest BCUT2D eigenvalue weighted by molar-refractivity contribution is 5.35. The minimum atomic E-state index is 0.327. The van der Waals surface area contributed by atoms with Crippen LogP contribution in [0.3, 0.4) is 0 Å². The van der Waals surface area contributed by atoms with Gasteiger partial charge in [0, 0.05) is 6.07 Å². The molecule has 6 heteroatoms. The van der Waals surface area contributed by atoms with Crippen LogP contribution in [-0.2, 0) is 6.61 Å². The van der Waals surface area contributed by atoms with Gasteiger partial charge in [0.1, 0.15) is 24.5 Å². The van der Waals surface area contributed by atoms with Gasteiger partial charge in [0.05, 0.1) is 6.26 Å². The molecule has 0 aromatic carbocycles. The molecule has 0 aliphatic heterocycles. The van der Waals surface area contributed by atoms with Crippen LogP contribution in [0.5, 0.6) is 5.88 Å². The van der Waals surface area contributed by atoms with Crippen LogP contribution in [0.2, 0.25) is 0 Å². The van der Waals surface area contributed by atoms with Gasteiger partial charge in [-0.2, -0.15) is 0 Å². The topological polar surface area (TPSA) is 86.2 Å². The van der Waals surface area contributed by atoms with Gasteiger partial charge in [0.15, 0.2) is 0 Å². The van der Waals surface area contributed by atoms with Gasteiger partial charge in [-0.25, -0.2) is 15.8 Å². The quantitative estimate of drug-likeness (QED) is 0.571. The van der Waals surface area contributed by atoms with Gasteiger partial charge in [0.25, 0.3) is 0 Å². The molecule has 0 aliphatic rings. The number of nitrogens with one attached hydrogen (secondary N) is 1. The highest BCUT2D eigenvalue weighted by Gasteiger charge is 2.00. The van der Waals surface area contributed by atoms with Crippen LogP contribution >= 0.6 is 0 Å². The maximum atomic E-state index is 5.35. The zero-order valence-corrected chi connectivity index (χ0v) is 7.88. The number of aromatic nitrogens is 2. The number of nitrogens with zero attached hydrogens (tertiary/aromatic N) is 2. The Kier molecular flexibility index (Phi) is 2.80. The minimum absolute atomic E-state index is 0.327. The Bertz CT molecular complexity index is 416. The Hall–Kier alpha value is -2.08. The first-order valence-corrected chi connectivity index (χ1v) is 4.32. The smallest absolute Gasteiger partial charge is 0.218 e. The third-order valence-electron chi connectivity index (χ3n) is 1.73. The monoisotopic (exact) mass is 206 g/mol. The molecule has 78 valence electrons. The Morgan fingerprint density at radius 3 is 3.13 bits per heavy atom. The number of hydrogen-bond acceptors (Lipinski definition) is 6. The third kappa shape index (κ3) is 2.44. The van der Waals surface area contributed by atoms with Crippen molar-refractivity contribution in [3.63, 3.8) is 0 Å². The molecule has 0 amide bonds. The van der Waals surface area contributed by atoms with E-state index in [0.717, 1.165) is 5.76 Å². The average Bonchev–Trinajstić information content (AvgIpc) is 2.79. The SMILES string of the molecule is NNc1cc(OCc2ccco2)ncn1. The lowest BCUT2D eigenvalue weighted by Crippen LogP contribution is -2.09. The summed E-state index contributed by atoms with van der Waals surface area (Å²) in [5, 5.41) is 0. The first-order chi connectivity index (χ1) is 7.38. The molecule has 0 saturated heterocycles. The highest BCUT2D eigenvalue weighted by Crippen LogP contribution is 2.12. The van der Waals surface area contributed by atoms with Crippen molar-refractivity contribution in [2.24, 2.45) is 5.84 Å². The molecule has 0 unspecified atom stereocenters. The van der Waals surface area contributed by atoms with Crippen LogP contribution in [0.15, 0.2) is 35.2 Å². The Morgan fingerprint density at radius 2 is 2.40 bits per heavy atom. The molecule has 0 spiro atoms. The summed E-state index contributed by atoms with van der Waals surface area (Å²) >= 11 is 0. The van der Waals surface area contributed by atoms with Gasteiger partial charge in [-0.05, 0) is 12.1 Å². The zero-order valence-electron chi connectivity index (χ0n) is 7.88. The molecule has 6 nitrogen and oxygen atoms in total. The van der Waals surface area contributed by atoms with Gasteiger partial charge >= 0.3 is 0 Å². The zero-order chi connectivity index (χ0) is 10.5. The molecule has 0 saturated carbocycles. The van der Waals surface area contributed by atoms with Crippen LogP contribution in [-0.4, -0.2) is 9.97 Å². The summed E-state index contributed by atoms with van der Waals surface area (Å²) in [6, 6.07) is 5.22. The van der Waals surface area contributed by atoms with Crippen molar-refractivity contribution in [3.05, 3.63) is 36.5 Å². The fourth-order valence-corrected chi connectivity index (χ4v) is 1.04. The van der Waals surface area contributed by atoms with E-state index in [0.29, 0.717) is 18.3 Å². The number of anilines is 1. The second-order valence-electron chi connectivity index (χ2n) is 2.75. The number of hydrogen-bond donors (Lipinski definition) is 2. The van der Waals surface area contributed by atoms with E-state index in [1.165, 1.54) is 6.33 Å². The van der Waals surface area contributed by atoms with Crippen molar-refractivity contribution >= 4 is 5.82 Å². The second kappa shape index (κ2) is 4.43. The lowest BCUT2D eigenvalue weighted by molar-refractivity contribution is 0.260. The maximum absolute atomic E-state index is 5.35. The number of ether oxygens (including phenoxy) is 1. The largest absolute Gasteiger partial charge is 0.469 e. The molecule has 2 heterocycles. The lowest BCUT2D eigenvalue weighted by atomic mass is 10.5. The number of nitrogens with two attached hydrogens (primary N) is 1. The first-order valence-electron chi connectivity index (χ1n) is 4.32. The standard InChI is InChI=1S/C9H10N4O2/c10-13-8-4-9(12-6-11-8)15-5-7-2-1-3-14-7/h1-4,6H,5,10H2,(H,11,12,13). The van der Waals surface area contributed by atoms with Crippen molar-refractivity contribution in [1.29, 1.82) is 0 Å². The van der Waals surface area contributed by atoms with E-state index >= 15 is 0 Å². The van der Waals surface area contributed by atoms with Gasteiger partial charge in [-0.15, -0.1) is 0 Å². The summed E-state index contributed by atoms with van der Waals surface area (Å²) in [5.74, 6) is 6.87. The highest BCUT2D eigenvalue weighted by atomic mass is 16.5. The Balaban J connectivity index is 1.98. The van der Waals surface area contributed by atoms with E-state index in [2.05, 4.69) is 15.4 Å². The molecule has 0 fully saturated rings. The molecule has 0 atom stereocenters. The normalized spacial score (nSPS) is 9.93. The van der Waals surface area contributed by atoms with E-state index in [-0.39, 0.29) is 0 Å². The molecule has 0 aliphatic carbocycles. The van der Waals surface area contributed by atoms with E-state index in [1.807, 2.05) is 6.07 Å². The van der Waals surface area contributed by atoms with Crippen LogP contribution in [0, 0.1) is 0 Å². The molecule has 0 bridgehead atoms. The van der Waals surface area contributed by atoms with Crippen LogP contribution in [0.1, 0.15) is 5.76 Å². The summed E-state index contributed by atoms with van der Waals surface area (Å²) in [6.07, 6.45) is 2.96. The van der Waals surface area contributed by atoms with Gasteiger partial charge in [-0.3, -0.25) is 0 Å². The summed E-state index contributed by atoms with van der Waals surface area (Å²) in [4.78, 5) is 7.77. The number of rotatable bonds is 4. The predicted molar refractivity (Wildman–Crippen MR) is 52.9 cm³/mol. The second-order valence-corrected chi connectivity index (χ2v) is 2.75. The van der Waals surface area contributed by atoms with E-state index in [4.69, 9.17) is 15.0 Å². The molecule has 2 rings (SSSR count). The molecule has 2 aromatic rings. The van der Waals surface area contributed by atoms with E-state index < -0.39 is 0 Å². The fourth-order valence-electron chi connectivity index (χ4n) is 1.04. The molecule has 3 N–H and O–H groups in total. The number of hydrazine groups is 1. The molecule has 0 radical (unpaired) electrons. The molecule has 15 heavy (non-hydrogen) atoms. The number of nitrogen functional groups attached to an aromatic ring is 1. The molecular weight excluding hydrogens is 196 g/mol. The predicted octanol–water partition coefficient (Wildman–Crippen LogP) is 0.934. The summed E-state index contributed by atoms with van der Waals surface area (Å²) in [7, 11) is 0. The lowest BCUT2D eigenvalue weighted by Gasteiger charge is -2.03. The van der Waals surface area contributed by atoms with Crippen molar-refractivity contribution in [1.82, 2.24) is 9.97 Å². The molecule has 2 aromatic heterocycles. The fraction of sp³-hybridized carbons (Fsp3) is 0.111. The van der Waals surface area contributed by atoms with Gasteiger partial charge in [-0.1, -0.05) is 0 Å². The average molecular weight is 206 g/mol. The minimum Gasteiger partial charge on any atom is -0.469 e. The molecular formula is C9H10N4O2. The van der Waals surface area contributed by atoms with Crippen LogP contribution in [0.25, 0.3) is 0 Å². The van der Waals surface area contributed by atoms with Crippen molar-refractivity contribution in [3.8, 4) is 5.88 Å². The van der Waals surface area contributed by atoms with Crippen LogP contribution < -0.4 is 16.0 Å².